The summed E-state index contributed by atoms with van der Waals surface area (Å²) in [6, 6.07) is 2.37. The highest BCUT2D eigenvalue weighted by atomic mass is 16.4. The van der Waals surface area contributed by atoms with Crippen LogP contribution in [0.3, 0.4) is 0 Å². The third kappa shape index (κ3) is 5.94. The molecule has 4 N–H and O–H groups in total. The van der Waals surface area contributed by atoms with Crippen molar-refractivity contribution in [1.29, 1.82) is 0 Å². The number of rotatable bonds is 8. The van der Waals surface area contributed by atoms with Gasteiger partial charge in [-0.1, -0.05) is 0 Å². The minimum Gasteiger partial charge on any atom is -0.480 e. The van der Waals surface area contributed by atoms with Gasteiger partial charge in [-0.25, -0.2) is 0 Å². The van der Waals surface area contributed by atoms with Crippen LogP contribution in [0.25, 0.3) is 0 Å². The minimum atomic E-state index is -1.10. The number of carbonyl (C=O) groups excluding carboxylic acids is 1. The van der Waals surface area contributed by atoms with Crippen LogP contribution < -0.4 is 10.6 Å². The van der Waals surface area contributed by atoms with E-state index in [-0.39, 0.29) is 13.0 Å². The molecule has 0 bridgehead atoms. The Labute approximate surface area is 110 Å². The lowest BCUT2D eigenvalue weighted by Gasteiger charge is -2.13. The van der Waals surface area contributed by atoms with Gasteiger partial charge in [0.15, 0.2) is 0 Å². The number of carboxylic acids is 1. The number of hydrogen-bond acceptors (Lipinski definition) is 5. The third-order valence-electron chi connectivity index (χ3n) is 2.36. The van der Waals surface area contributed by atoms with E-state index in [4.69, 9.17) is 10.2 Å². The number of aliphatic hydroxyl groups excluding tert-OH is 1. The molecular formula is C12H17N3O4. The van der Waals surface area contributed by atoms with Gasteiger partial charge < -0.3 is 20.8 Å². The van der Waals surface area contributed by atoms with Crippen LogP contribution in [0, 0.1) is 0 Å². The van der Waals surface area contributed by atoms with Gasteiger partial charge in [0, 0.05) is 12.8 Å². The van der Waals surface area contributed by atoms with E-state index in [1.807, 2.05) is 0 Å². The van der Waals surface area contributed by atoms with Gasteiger partial charge in [-0.2, -0.15) is 0 Å². The van der Waals surface area contributed by atoms with Crippen LogP contribution in [0.2, 0.25) is 0 Å². The van der Waals surface area contributed by atoms with Gasteiger partial charge in [-0.05, 0) is 25.1 Å². The molecule has 0 radical (unpaired) electrons. The normalized spacial score (nSPS) is 11.8. The lowest BCUT2D eigenvalue weighted by atomic mass is 10.2. The van der Waals surface area contributed by atoms with E-state index in [2.05, 4.69) is 15.6 Å². The first-order valence-electron chi connectivity index (χ1n) is 5.90. The summed E-state index contributed by atoms with van der Waals surface area (Å²) in [5.41, 5.74) is 0.520. The summed E-state index contributed by atoms with van der Waals surface area (Å²) in [4.78, 5) is 26.5. The molecule has 19 heavy (non-hydrogen) atoms. The molecule has 1 heterocycles. The summed E-state index contributed by atoms with van der Waals surface area (Å²) in [5, 5.41) is 22.9. The standard InChI is InChI=1S/C12H17N3O4/c16-6-2-5-14-10(12(18)19)7-11(17)15-9-3-1-4-13-8-9/h1,3-4,8,10,14,16H,2,5-7H2,(H,15,17)(H,18,19). The Morgan fingerprint density at radius 3 is 2.79 bits per heavy atom. The number of aliphatic carboxylic acids is 1. The monoisotopic (exact) mass is 267 g/mol. The highest BCUT2D eigenvalue weighted by Gasteiger charge is 2.20. The number of carbonyl (C=O) groups is 2. The number of aliphatic hydroxyl groups is 1. The molecule has 1 aromatic heterocycles. The molecule has 0 aromatic carbocycles. The van der Waals surface area contributed by atoms with E-state index in [0.29, 0.717) is 18.7 Å². The van der Waals surface area contributed by atoms with Crippen LogP contribution in [-0.4, -0.2) is 46.3 Å². The zero-order chi connectivity index (χ0) is 14.1. The number of anilines is 1. The number of carboxylic acid groups (broad SMARTS) is 1. The molecule has 1 unspecified atom stereocenters. The van der Waals surface area contributed by atoms with Gasteiger partial charge in [0.2, 0.25) is 5.91 Å². The largest absolute Gasteiger partial charge is 0.480 e. The molecule has 1 amide bonds. The van der Waals surface area contributed by atoms with Gasteiger partial charge in [0.1, 0.15) is 6.04 Å². The Bertz CT molecular complexity index is 411. The third-order valence-corrected chi connectivity index (χ3v) is 2.36. The van der Waals surface area contributed by atoms with E-state index >= 15 is 0 Å². The molecule has 7 heteroatoms. The van der Waals surface area contributed by atoms with Crippen LogP contribution in [0.15, 0.2) is 24.5 Å². The average Bonchev–Trinajstić information content (AvgIpc) is 2.38. The van der Waals surface area contributed by atoms with Crippen molar-refractivity contribution in [3.8, 4) is 0 Å². The smallest absolute Gasteiger partial charge is 0.321 e. The molecule has 1 rings (SSSR count). The fourth-order valence-corrected chi connectivity index (χ4v) is 1.44. The van der Waals surface area contributed by atoms with Crippen molar-refractivity contribution in [3.63, 3.8) is 0 Å². The highest BCUT2D eigenvalue weighted by Crippen LogP contribution is 2.04. The molecule has 1 aromatic rings. The zero-order valence-electron chi connectivity index (χ0n) is 10.4. The van der Waals surface area contributed by atoms with Gasteiger partial charge >= 0.3 is 5.97 Å². The Kier molecular flexibility index (Phi) is 6.48. The van der Waals surface area contributed by atoms with Crippen LogP contribution in [-0.2, 0) is 9.59 Å². The maximum absolute atomic E-state index is 11.7. The van der Waals surface area contributed by atoms with Crippen molar-refractivity contribution in [1.82, 2.24) is 10.3 Å². The number of nitrogens with zero attached hydrogens (tertiary/aromatic N) is 1. The minimum absolute atomic E-state index is 0.0266. The van der Waals surface area contributed by atoms with Crippen LogP contribution in [0.1, 0.15) is 12.8 Å². The number of amides is 1. The summed E-state index contributed by atoms with van der Waals surface area (Å²) >= 11 is 0. The highest BCUT2D eigenvalue weighted by molar-refractivity contribution is 5.93. The maximum atomic E-state index is 11.7. The number of nitrogens with one attached hydrogen (secondary N) is 2. The van der Waals surface area contributed by atoms with E-state index in [9.17, 15) is 9.59 Å². The number of hydrogen-bond donors (Lipinski definition) is 4. The second-order valence-electron chi connectivity index (χ2n) is 3.92. The molecule has 0 spiro atoms. The Hall–Kier alpha value is -1.99. The zero-order valence-corrected chi connectivity index (χ0v) is 10.4. The molecular weight excluding hydrogens is 250 g/mol. The first-order valence-corrected chi connectivity index (χ1v) is 5.90. The van der Waals surface area contributed by atoms with Gasteiger partial charge in [0.25, 0.3) is 0 Å². The average molecular weight is 267 g/mol. The van der Waals surface area contributed by atoms with Crippen molar-refractivity contribution in [2.75, 3.05) is 18.5 Å². The quantitative estimate of drug-likeness (QED) is 0.487. The summed E-state index contributed by atoms with van der Waals surface area (Å²) in [5.74, 6) is -1.50. The molecule has 0 fully saturated rings. The number of pyridine rings is 1. The predicted molar refractivity (Wildman–Crippen MR) is 68.6 cm³/mol. The molecule has 7 nitrogen and oxygen atoms in total. The van der Waals surface area contributed by atoms with E-state index in [1.54, 1.807) is 18.3 Å². The molecule has 0 aliphatic heterocycles. The van der Waals surface area contributed by atoms with Crippen molar-refractivity contribution < 1.29 is 19.8 Å². The van der Waals surface area contributed by atoms with E-state index in [1.165, 1.54) is 6.20 Å². The van der Waals surface area contributed by atoms with E-state index in [0.717, 1.165) is 0 Å². The van der Waals surface area contributed by atoms with Crippen molar-refractivity contribution >= 4 is 17.6 Å². The molecule has 1 atom stereocenters. The Morgan fingerprint density at radius 1 is 1.42 bits per heavy atom. The van der Waals surface area contributed by atoms with Crippen molar-refractivity contribution in [2.45, 2.75) is 18.9 Å². The van der Waals surface area contributed by atoms with Crippen LogP contribution in [0.5, 0.6) is 0 Å². The van der Waals surface area contributed by atoms with Gasteiger partial charge in [-0.15, -0.1) is 0 Å². The van der Waals surface area contributed by atoms with Gasteiger partial charge in [-0.3, -0.25) is 14.6 Å². The molecule has 104 valence electrons. The fraction of sp³-hybridized carbons (Fsp3) is 0.417. The van der Waals surface area contributed by atoms with Crippen LogP contribution in [0.4, 0.5) is 5.69 Å². The van der Waals surface area contributed by atoms with Gasteiger partial charge in [0.05, 0.1) is 18.3 Å². The summed E-state index contributed by atoms with van der Waals surface area (Å²) < 4.78 is 0. The maximum Gasteiger partial charge on any atom is 0.321 e. The molecule has 0 aliphatic carbocycles. The summed E-state index contributed by atoms with van der Waals surface area (Å²) in [7, 11) is 0. The lowest BCUT2D eigenvalue weighted by Crippen LogP contribution is -2.40. The fourth-order valence-electron chi connectivity index (χ4n) is 1.44. The van der Waals surface area contributed by atoms with E-state index < -0.39 is 17.9 Å². The predicted octanol–water partition coefficient (Wildman–Crippen LogP) is -0.165. The SMILES string of the molecule is O=C(CC(NCCCO)C(=O)O)Nc1cccnc1. The first-order chi connectivity index (χ1) is 9.13. The van der Waals surface area contributed by atoms with Crippen molar-refractivity contribution in [3.05, 3.63) is 24.5 Å². The second kappa shape index (κ2) is 8.17. The Morgan fingerprint density at radius 2 is 2.21 bits per heavy atom. The first kappa shape index (κ1) is 15.1. The summed E-state index contributed by atoms with van der Waals surface area (Å²) in [6.07, 6.45) is 3.31. The number of aromatic nitrogens is 1. The summed E-state index contributed by atoms with van der Waals surface area (Å²) in [6.45, 7) is 0.314. The topological polar surface area (TPSA) is 112 Å². The van der Waals surface area contributed by atoms with Crippen LogP contribution >= 0.6 is 0 Å². The Balaban J connectivity index is 2.45. The second-order valence-corrected chi connectivity index (χ2v) is 3.92. The molecule has 0 aliphatic rings. The lowest BCUT2D eigenvalue weighted by molar-refractivity contribution is -0.141. The van der Waals surface area contributed by atoms with Crippen molar-refractivity contribution in [2.24, 2.45) is 0 Å². The molecule has 0 saturated carbocycles. The molecule has 0 saturated heterocycles.